The van der Waals surface area contributed by atoms with E-state index in [2.05, 4.69) is 5.32 Å². The van der Waals surface area contributed by atoms with Crippen molar-refractivity contribution in [3.05, 3.63) is 53.6 Å². The fraction of sp³-hybridized carbons (Fsp3) is 0.316. The highest BCUT2D eigenvalue weighted by Gasteiger charge is 2.22. The van der Waals surface area contributed by atoms with Crippen molar-refractivity contribution in [1.82, 2.24) is 4.90 Å². The van der Waals surface area contributed by atoms with E-state index in [0.717, 1.165) is 0 Å². The quantitative estimate of drug-likeness (QED) is 0.843. The Morgan fingerprint density at radius 1 is 1.15 bits per heavy atom. The molecule has 0 bridgehead atoms. The van der Waals surface area contributed by atoms with E-state index >= 15 is 0 Å². The number of benzene rings is 2. The standard InChI is InChI=1S/C19H21ClN2O3S/c1-14-12-22(10-11-26(24)13-14)19(23)21-16-4-8-18(9-5-16)25-17-6-2-15(20)3-7-17/h2-9,14H,10-13H2,1H3,(H,21,23). The van der Waals surface area contributed by atoms with E-state index in [4.69, 9.17) is 16.3 Å². The second-order valence-corrected chi connectivity index (χ2v) is 8.43. The van der Waals surface area contributed by atoms with Gasteiger partial charge < -0.3 is 15.0 Å². The van der Waals surface area contributed by atoms with Gasteiger partial charge in [0, 0.05) is 46.1 Å². The summed E-state index contributed by atoms with van der Waals surface area (Å²) in [7, 11) is -0.842. The molecule has 2 atom stereocenters. The second-order valence-electron chi connectivity index (χ2n) is 6.37. The molecule has 0 radical (unpaired) electrons. The van der Waals surface area contributed by atoms with Gasteiger partial charge in [-0.25, -0.2) is 4.79 Å². The van der Waals surface area contributed by atoms with Gasteiger partial charge in [0.25, 0.3) is 0 Å². The van der Waals surface area contributed by atoms with Gasteiger partial charge in [-0.15, -0.1) is 0 Å². The van der Waals surface area contributed by atoms with E-state index in [-0.39, 0.29) is 11.9 Å². The number of carbonyl (C=O) groups is 1. The maximum absolute atomic E-state index is 12.5. The number of anilines is 1. The summed E-state index contributed by atoms with van der Waals surface area (Å²) in [5.41, 5.74) is 0.691. The third kappa shape index (κ3) is 5.22. The molecule has 1 fully saturated rings. The first kappa shape index (κ1) is 18.7. The van der Waals surface area contributed by atoms with Crippen LogP contribution in [0.25, 0.3) is 0 Å². The zero-order valence-electron chi connectivity index (χ0n) is 14.5. The van der Waals surface area contributed by atoms with Crippen LogP contribution in [0.2, 0.25) is 5.02 Å². The summed E-state index contributed by atoms with van der Waals surface area (Å²) >= 11 is 5.86. The first-order chi connectivity index (χ1) is 12.5. The zero-order chi connectivity index (χ0) is 18.5. The molecule has 2 amide bonds. The Kier molecular flexibility index (Phi) is 6.16. The van der Waals surface area contributed by atoms with Crippen LogP contribution in [0, 0.1) is 5.92 Å². The van der Waals surface area contributed by atoms with Gasteiger partial charge in [-0.2, -0.15) is 0 Å². The Balaban J connectivity index is 1.59. The Bertz CT molecular complexity index is 780. The minimum absolute atomic E-state index is 0.165. The number of amides is 2. The molecule has 1 N–H and O–H groups in total. The fourth-order valence-corrected chi connectivity index (χ4v) is 4.22. The van der Waals surface area contributed by atoms with Crippen LogP contribution in [0.1, 0.15) is 6.92 Å². The van der Waals surface area contributed by atoms with Gasteiger partial charge in [0.1, 0.15) is 11.5 Å². The van der Waals surface area contributed by atoms with Crippen LogP contribution in [0.15, 0.2) is 48.5 Å². The Labute approximate surface area is 160 Å². The van der Waals surface area contributed by atoms with Crippen molar-refractivity contribution in [2.24, 2.45) is 5.92 Å². The predicted molar refractivity (Wildman–Crippen MR) is 106 cm³/mol. The van der Waals surface area contributed by atoms with Crippen LogP contribution < -0.4 is 10.1 Å². The lowest BCUT2D eigenvalue weighted by molar-refractivity contribution is 0.210. The third-order valence-electron chi connectivity index (χ3n) is 4.03. The van der Waals surface area contributed by atoms with Crippen LogP contribution in [0.5, 0.6) is 11.5 Å². The number of carbonyl (C=O) groups excluding carboxylic acids is 1. The summed E-state index contributed by atoms with van der Waals surface area (Å²) < 4.78 is 17.5. The van der Waals surface area contributed by atoms with E-state index < -0.39 is 10.8 Å². The highest BCUT2D eigenvalue weighted by molar-refractivity contribution is 7.85. The Hall–Kier alpha value is -2.05. The van der Waals surface area contributed by atoms with Gasteiger partial charge in [-0.3, -0.25) is 4.21 Å². The van der Waals surface area contributed by atoms with Crippen molar-refractivity contribution >= 4 is 34.1 Å². The van der Waals surface area contributed by atoms with E-state index in [0.29, 0.717) is 46.8 Å². The summed E-state index contributed by atoms with van der Waals surface area (Å²) in [6, 6.07) is 14.1. The number of halogens is 1. The van der Waals surface area contributed by atoms with Crippen molar-refractivity contribution < 1.29 is 13.7 Å². The minimum atomic E-state index is -0.842. The molecule has 1 aliphatic rings. The maximum Gasteiger partial charge on any atom is 0.321 e. The van der Waals surface area contributed by atoms with Crippen molar-refractivity contribution in [2.45, 2.75) is 6.92 Å². The van der Waals surface area contributed by atoms with Crippen molar-refractivity contribution in [2.75, 3.05) is 29.9 Å². The van der Waals surface area contributed by atoms with E-state index in [9.17, 15) is 9.00 Å². The van der Waals surface area contributed by atoms with Gasteiger partial charge in [0.15, 0.2) is 0 Å². The van der Waals surface area contributed by atoms with Gasteiger partial charge in [-0.1, -0.05) is 18.5 Å². The van der Waals surface area contributed by atoms with Gasteiger partial charge >= 0.3 is 6.03 Å². The summed E-state index contributed by atoms with van der Waals surface area (Å²) in [5, 5.41) is 3.54. The number of urea groups is 1. The summed E-state index contributed by atoms with van der Waals surface area (Å²) in [6.45, 7) is 3.16. The summed E-state index contributed by atoms with van der Waals surface area (Å²) in [5.74, 6) is 2.78. The fourth-order valence-electron chi connectivity index (χ4n) is 2.76. The van der Waals surface area contributed by atoms with Gasteiger partial charge in [0.2, 0.25) is 0 Å². The van der Waals surface area contributed by atoms with Gasteiger partial charge in [0.05, 0.1) is 0 Å². The van der Waals surface area contributed by atoms with Crippen LogP contribution in [-0.2, 0) is 10.8 Å². The molecule has 0 aliphatic carbocycles. The molecule has 138 valence electrons. The molecule has 26 heavy (non-hydrogen) atoms. The first-order valence-corrected chi connectivity index (χ1v) is 10.3. The molecule has 2 unspecified atom stereocenters. The normalized spacial score (nSPS) is 20.3. The number of nitrogens with one attached hydrogen (secondary N) is 1. The van der Waals surface area contributed by atoms with Crippen LogP contribution in [0.4, 0.5) is 10.5 Å². The average molecular weight is 393 g/mol. The average Bonchev–Trinajstić information content (AvgIpc) is 2.79. The third-order valence-corrected chi connectivity index (χ3v) is 5.86. The molecule has 2 aromatic rings. The summed E-state index contributed by atoms with van der Waals surface area (Å²) in [6.07, 6.45) is 0. The van der Waals surface area contributed by atoms with Crippen molar-refractivity contribution in [1.29, 1.82) is 0 Å². The Morgan fingerprint density at radius 3 is 2.42 bits per heavy atom. The van der Waals surface area contributed by atoms with Crippen LogP contribution in [-0.4, -0.2) is 39.7 Å². The Morgan fingerprint density at radius 2 is 1.77 bits per heavy atom. The summed E-state index contributed by atoms with van der Waals surface area (Å²) in [4.78, 5) is 14.2. The molecule has 1 heterocycles. The van der Waals surface area contributed by atoms with Crippen LogP contribution >= 0.6 is 11.6 Å². The van der Waals surface area contributed by atoms with Crippen molar-refractivity contribution in [3.63, 3.8) is 0 Å². The molecule has 1 saturated heterocycles. The lowest BCUT2D eigenvalue weighted by Crippen LogP contribution is -2.38. The smallest absolute Gasteiger partial charge is 0.321 e. The monoisotopic (exact) mass is 392 g/mol. The molecule has 5 nitrogen and oxygen atoms in total. The topological polar surface area (TPSA) is 58.6 Å². The van der Waals surface area contributed by atoms with E-state index in [1.807, 2.05) is 6.92 Å². The molecular weight excluding hydrogens is 372 g/mol. The SMILES string of the molecule is CC1CN(C(=O)Nc2ccc(Oc3ccc(Cl)cc3)cc2)CCS(=O)C1. The highest BCUT2D eigenvalue weighted by atomic mass is 35.5. The molecule has 3 rings (SSSR count). The van der Waals surface area contributed by atoms with Crippen molar-refractivity contribution in [3.8, 4) is 11.5 Å². The lowest BCUT2D eigenvalue weighted by Gasteiger charge is -2.22. The predicted octanol–water partition coefficient (Wildman–Crippen LogP) is 4.36. The van der Waals surface area contributed by atoms with Gasteiger partial charge in [-0.05, 0) is 54.4 Å². The molecule has 7 heteroatoms. The highest BCUT2D eigenvalue weighted by Crippen LogP contribution is 2.24. The molecule has 0 aromatic heterocycles. The minimum Gasteiger partial charge on any atom is -0.457 e. The zero-order valence-corrected chi connectivity index (χ0v) is 16.1. The number of rotatable bonds is 3. The molecule has 0 saturated carbocycles. The number of nitrogens with zero attached hydrogens (tertiary/aromatic N) is 1. The van der Waals surface area contributed by atoms with Crippen LogP contribution in [0.3, 0.4) is 0 Å². The number of hydrogen-bond donors (Lipinski definition) is 1. The molecule has 0 spiro atoms. The molecule has 2 aromatic carbocycles. The number of ether oxygens (including phenoxy) is 1. The second kappa shape index (κ2) is 8.56. The maximum atomic E-state index is 12.5. The van der Waals surface area contributed by atoms with E-state index in [1.54, 1.807) is 53.4 Å². The van der Waals surface area contributed by atoms with E-state index in [1.165, 1.54) is 0 Å². The lowest BCUT2D eigenvalue weighted by atomic mass is 10.2. The number of hydrogen-bond acceptors (Lipinski definition) is 3. The molecule has 1 aliphatic heterocycles. The first-order valence-electron chi connectivity index (χ1n) is 8.44. The molecular formula is C19H21ClN2O3S. The largest absolute Gasteiger partial charge is 0.457 e.